The summed E-state index contributed by atoms with van der Waals surface area (Å²) in [6.07, 6.45) is 6.98. The Balaban J connectivity index is 1.84. The molecule has 0 aliphatic heterocycles. The molecule has 1 saturated carbocycles. The fraction of sp³-hybridized carbons (Fsp3) is 0.368. The minimum absolute atomic E-state index is 0.0961. The minimum atomic E-state index is -4.26. The molecule has 8 heteroatoms. The predicted molar refractivity (Wildman–Crippen MR) is 105 cm³/mol. The van der Waals surface area contributed by atoms with E-state index in [1.165, 1.54) is 37.0 Å². The van der Waals surface area contributed by atoms with Crippen molar-refractivity contribution in [3.8, 4) is 5.75 Å². The summed E-state index contributed by atoms with van der Waals surface area (Å²) in [5, 5.41) is -0.0961. The Hall–Kier alpha value is -1.57. The molecule has 2 aromatic carbocycles. The Labute approximate surface area is 165 Å². The van der Waals surface area contributed by atoms with Crippen molar-refractivity contribution in [2.24, 2.45) is 0 Å². The second kappa shape index (κ2) is 7.81. The standard InChI is InChI=1S/C19H21ClO5S2/c1-26(21,22)17-11-12-18(20)19(13-17)27(23,24)25-16-9-7-15(8-10-16)14-5-3-2-4-6-14/h7-14H,2-6H2,1H3. The van der Waals surface area contributed by atoms with Gasteiger partial charge in [-0.25, -0.2) is 8.42 Å². The van der Waals surface area contributed by atoms with Crippen molar-refractivity contribution in [1.29, 1.82) is 0 Å². The van der Waals surface area contributed by atoms with E-state index in [0.717, 1.165) is 25.2 Å². The normalized spacial score (nSPS) is 16.2. The lowest BCUT2D eigenvalue weighted by Crippen LogP contribution is -2.12. The molecular weight excluding hydrogens is 408 g/mol. The highest BCUT2D eigenvalue weighted by molar-refractivity contribution is 7.90. The number of benzene rings is 2. The van der Waals surface area contributed by atoms with E-state index in [0.29, 0.717) is 5.92 Å². The second-order valence-corrected chi connectivity index (χ2v) is 10.7. The number of sulfone groups is 1. The zero-order chi connectivity index (χ0) is 19.7. The van der Waals surface area contributed by atoms with Crippen molar-refractivity contribution >= 4 is 31.6 Å². The summed E-state index contributed by atoms with van der Waals surface area (Å²) in [6, 6.07) is 10.5. The van der Waals surface area contributed by atoms with Crippen molar-refractivity contribution in [3.05, 3.63) is 53.1 Å². The molecule has 0 unspecified atom stereocenters. The number of halogens is 1. The summed E-state index contributed by atoms with van der Waals surface area (Å²) >= 11 is 5.97. The van der Waals surface area contributed by atoms with Crippen molar-refractivity contribution < 1.29 is 21.0 Å². The molecule has 146 valence electrons. The first-order chi connectivity index (χ1) is 12.7. The lowest BCUT2D eigenvalue weighted by Gasteiger charge is -2.22. The van der Waals surface area contributed by atoms with E-state index in [-0.39, 0.29) is 20.6 Å². The van der Waals surface area contributed by atoms with Crippen LogP contribution < -0.4 is 4.18 Å². The van der Waals surface area contributed by atoms with Crippen LogP contribution in [0.2, 0.25) is 5.02 Å². The van der Waals surface area contributed by atoms with Crippen molar-refractivity contribution in [2.75, 3.05) is 6.26 Å². The topological polar surface area (TPSA) is 77.5 Å². The highest BCUT2D eigenvalue weighted by Crippen LogP contribution is 2.34. The molecule has 0 N–H and O–H groups in total. The third kappa shape index (κ3) is 4.83. The van der Waals surface area contributed by atoms with Crippen LogP contribution in [0.5, 0.6) is 5.75 Å². The first kappa shape index (κ1) is 20.2. The molecule has 1 aliphatic rings. The summed E-state index contributed by atoms with van der Waals surface area (Å²) in [4.78, 5) is -0.509. The van der Waals surface area contributed by atoms with E-state index >= 15 is 0 Å². The molecule has 0 atom stereocenters. The first-order valence-electron chi connectivity index (χ1n) is 8.71. The lowest BCUT2D eigenvalue weighted by molar-refractivity contribution is 0.443. The maximum absolute atomic E-state index is 12.6. The molecule has 0 saturated heterocycles. The molecule has 0 aromatic heterocycles. The average Bonchev–Trinajstić information content (AvgIpc) is 2.62. The quantitative estimate of drug-likeness (QED) is 0.652. The Morgan fingerprint density at radius 3 is 2.15 bits per heavy atom. The lowest BCUT2D eigenvalue weighted by atomic mass is 9.84. The van der Waals surface area contributed by atoms with Crippen LogP contribution in [0.1, 0.15) is 43.6 Å². The molecular formula is C19H21ClO5S2. The Bertz CT molecular complexity index is 1020. The molecule has 0 bridgehead atoms. The summed E-state index contributed by atoms with van der Waals surface area (Å²) in [5.74, 6) is 0.667. The van der Waals surface area contributed by atoms with Gasteiger partial charge in [0, 0.05) is 6.26 Å². The molecule has 1 fully saturated rings. The minimum Gasteiger partial charge on any atom is -0.379 e. The van der Waals surface area contributed by atoms with Crippen LogP contribution in [-0.2, 0) is 20.0 Å². The van der Waals surface area contributed by atoms with Gasteiger partial charge in [0.25, 0.3) is 0 Å². The van der Waals surface area contributed by atoms with Crippen LogP contribution in [0.25, 0.3) is 0 Å². The van der Waals surface area contributed by atoms with Gasteiger partial charge in [0.1, 0.15) is 10.6 Å². The fourth-order valence-electron chi connectivity index (χ4n) is 3.31. The van der Waals surface area contributed by atoms with Gasteiger partial charge in [0.2, 0.25) is 0 Å². The smallest absolute Gasteiger partial charge is 0.340 e. The van der Waals surface area contributed by atoms with E-state index in [1.54, 1.807) is 12.1 Å². The molecule has 0 spiro atoms. The van der Waals surface area contributed by atoms with Gasteiger partial charge in [-0.2, -0.15) is 8.42 Å². The van der Waals surface area contributed by atoms with Crippen LogP contribution >= 0.6 is 11.6 Å². The van der Waals surface area contributed by atoms with Crippen LogP contribution in [-0.4, -0.2) is 23.1 Å². The van der Waals surface area contributed by atoms with Crippen LogP contribution in [0.15, 0.2) is 52.3 Å². The summed E-state index contributed by atoms with van der Waals surface area (Å²) in [5.41, 5.74) is 1.18. The van der Waals surface area contributed by atoms with Crippen LogP contribution in [0, 0.1) is 0 Å². The molecule has 5 nitrogen and oxygen atoms in total. The highest BCUT2D eigenvalue weighted by atomic mass is 35.5. The SMILES string of the molecule is CS(=O)(=O)c1ccc(Cl)c(S(=O)(=O)Oc2ccc(C3CCCCC3)cc2)c1. The Morgan fingerprint density at radius 2 is 1.56 bits per heavy atom. The fourth-order valence-corrected chi connectivity index (χ4v) is 5.46. The van der Waals surface area contributed by atoms with E-state index in [4.69, 9.17) is 15.8 Å². The highest BCUT2D eigenvalue weighted by Gasteiger charge is 2.23. The van der Waals surface area contributed by atoms with E-state index < -0.39 is 20.0 Å². The summed E-state index contributed by atoms with van der Waals surface area (Å²) in [7, 11) is -7.83. The van der Waals surface area contributed by atoms with Gasteiger partial charge in [-0.05, 0) is 54.7 Å². The molecule has 0 radical (unpaired) electrons. The molecule has 1 aliphatic carbocycles. The van der Waals surface area contributed by atoms with Crippen molar-refractivity contribution in [3.63, 3.8) is 0 Å². The molecule has 0 heterocycles. The van der Waals surface area contributed by atoms with Crippen molar-refractivity contribution in [1.82, 2.24) is 0 Å². The zero-order valence-electron chi connectivity index (χ0n) is 14.9. The summed E-state index contributed by atoms with van der Waals surface area (Å²) in [6.45, 7) is 0. The van der Waals surface area contributed by atoms with Crippen molar-refractivity contribution in [2.45, 2.75) is 47.8 Å². The van der Waals surface area contributed by atoms with Crippen LogP contribution in [0.4, 0.5) is 0 Å². The van der Waals surface area contributed by atoms with E-state index in [2.05, 4.69) is 0 Å². The molecule has 2 aromatic rings. The number of hydrogen-bond donors (Lipinski definition) is 0. The molecule has 3 rings (SSSR count). The third-order valence-electron chi connectivity index (χ3n) is 4.76. The number of rotatable bonds is 5. The van der Waals surface area contributed by atoms with E-state index in [1.807, 2.05) is 12.1 Å². The Kier molecular flexibility index (Phi) is 5.84. The summed E-state index contributed by atoms with van der Waals surface area (Å²) < 4.78 is 53.7. The van der Waals surface area contributed by atoms with Gasteiger partial charge in [-0.3, -0.25) is 0 Å². The van der Waals surface area contributed by atoms with E-state index in [9.17, 15) is 16.8 Å². The second-order valence-electron chi connectivity index (χ2n) is 6.81. The van der Waals surface area contributed by atoms with Gasteiger partial charge in [0.15, 0.2) is 9.84 Å². The molecule has 0 amide bonds. The third-order valence-corrected chi connectivity index (χ3v) is 7.60. The van der Waals surface area contributed by atoms with Gasteiger partial charge < -0.3 is 4.18 Å². The predicted octanol–water partition coefficient (Wildman–Crippen LogP) is 4.56. The van der Waals surface area contributed by atoms with Crippen LogP contribution in [0.3, 0.4) is 0 Å². The maximum Gasteiger partial charge on any atom is 0.340 e. The zero-order valence-corrected chi connectivity index (χ0v) is 17.3. The monoisotopic (exact) mass is 428 g/mol. The maximum atomic E-state index is 12.6. The first-order valence-corrected chi connectivity index (χ1v) is 12.4. The van der Waals surface area contributed by atoms with Gasteiger partial charge in [0.05, 0.1) is 9.92 Å². The largest absolute Gasteiger partial charge is 0.379 e. The molecule has 27 heavy (non-hydrogen) atoms. The van der Waals surface area contributed by atoms with Gasteiger partial charge >= 0.3 is 10.1 Å². The Morgan fingerprint density at radius 1 is 0.926 bits per heavy atom. The number of hydrogen-bond acceptors (Lipinski definition) is 5. The average molecular weight is 429 g/mol. The van der Waals surface area contributed by atoms with Gasteiger partial charge in [-0.15, -0.1) is 0 Å². The van der Waals surface area contributed by atoms with Gasteiger partial charge in [-0.1, -0.05) is 43.0 Å².